The van der Waals surface area contributed by atoms with Crippen molar-refractivity contribution in [2.45, 2.75) is 23.7 Å². The van der Waals surface area contributed by atoms with Crippen molar-refractivity contribution in [3.05, 3.63) is 41.7 Å². The fourth-order valence-electron chi connectivity index (χ4n) is 2.22. The fraction of sp³-hybridized carbons (Fsp3) is 0.286. The second-order valence-corrected chi connectivity index (χ2v) is 5.52. The molecule has 0 bridgehead atoms. The van der Waals surface area contributed by atoms with E-state index in [4.69, 9.17) is 0 Å². The maximum atomic E-state index is 11.3. The highest BCUT2D eigenvalue weighted by molar-refractivity contribution is 7.98. The Morgan fingerprint density at radius 3 is 2.89 bits per heavy atom. The van der Waals surface area contributed by atoms with E-state index in [-0.39, 0.29) is 0 Å². The first-order valence-electron chi connectivity index (χ1n) is 6.16. The number of aromatic nitrogens is 2. The fourth-order valence-corrected chi connectivity index (χ4v) is 2.67. The van der Waals surface area contributed by atoms with Gasteiger partial charge in [-0.3, -0.25) is 0 Å². The maximum Gasteiger partial charge on any atom is 0.339 e. The number of hydrogen-bond acceptors (Lipinski definition) is 3. The average molecular weight is 274 g/mol. The monoisotopic (exact) mass is 274 g/mol. The first kappa shape index (κ1) is 12.3. The van der Waals surface area contributed by atoms with Crippen molar-refractivity contribution < 1.29 is 9.90 Å². The number of aromatic carboxylic acids is 1. The molecule has 1 aliphatic rings. The summed E-state index contributed by atoms with van der Waals surface area (Å²) in [5.74, 6) is -0.555. The molecule has 1 aliphatic carbocycles. The van der Waals surface area contributed by atoms with Gasteiger partial charge in [0.2, 0.25) is 0 Å². The first-order chi connectivity index (χ1) is 9.20. The lowest BCUT2D eigenvalue weighted by Crippen LogP contribution is -2.05. The molecule has 98 valence electrons. The SMILES string of the molecule is CSc1cccc(-n2ncc(C(=O)O)c2C2CC2)c1. The van der Waals surface area contributed by atoms with Crippen LogP contribution in [0.4, 0.5) is 0 Å². The summed E-state index contributed by atoms with van der Waals surface area (Å²) < 4.78 is 1.78. The maximum absolute atomic E-state index is 11.3. The Labute approximate surface area is 115 Å². The molecule has 0 spiro atoms. The molecule has 2 aromatic rings. The predicted octanol–water partition coefficient (Wildman–Crippen LogP) is 3.17. The molecule has 1 fully saturated rings. The molecule has 0 unspecified atom stereocenters. The van der Waals surface area contributed by atoms with Gasteiger partial charge in [0.05, 0.1) is 17.6 Å². The molecule has 1 aromatic carbocycles. The van der Waals surface area contributed by atoms with E-state index < -0.39 is 5.97 Å². The zero-order valence-corrected chi connectivity index (χ0v) is 11.4. The highest BCUT2D eigenvalue weighted by Crippen LogP contribution is 2.42. The predicted molar refractivity (Wildman–Crippen MR) is 74.3 cm³/mol. The van der Waals surface area contributed by atoms with Crippen molar-refractivity contribution in [2.24, 2.45) is 0 Å². The Morgan fingerprint density at radius 2 is 2.26 bits per heavy atom. The van der Waals surface area contributed by atoms with Gasteiger partial charge in [0.15, 0.2) is 0 Å². The Balaban J connectivity index is 2.11. The molecule has 0 saturated heterocycles. The number of rotatable bonds is 4. The smallest absolute Gasteiger partial charge is 0.339 e. The average Bonchev–Trinajstić information content (AvgIpc) is 3.16. The minimum atomic E-state index is -0.894. The molecule has 0 radical (unpaired) electrons. The third kappa shape index (κ3) is 2.26. The van der Waals surface area contributed by atoms with Gasteiger partial charge in [0.1, 0.15) is 5.56 Å². The number of hydrogen-bond donors (Lipinski definition) is 1. The molecule has 0 aliphatic heterocycles. The van der Waals surface area contributed by atoms with Crippen molar-refractivity contribution in [3.63, 3.8) is 0 Å². The van der Waals surface area contributed by atoms with Crippen LogP contribution < -0.4 is 0 Å². The quantitative estimate of drug-likeness (QED) is 0.870. The van der Waals surface area contributed by atoms with Gasteiger partial charge in [-0.05, 0) is 37.3 Å². The molecule has 0 amide bonds. The van der Waals surface area contributed by atoms with Crippen LogP contribution in [0.5, 0.6) is 0 Å². The Hall–Kier alpha value is -1.75. The Morgan fingerprint density at radius 1 is 1.47 bits per heavy atom. The van der Waals surface area contributed by atoms with E-state index in [1.165, 1.54) is 6.20 Å². The highest BCUT2D eigenvalue weighted by Gasteiger charge is 2.32. The summed E-state index contributed by atoms with van der Waals surface area (Å²) in [5, 5.41) is 13.5. The molecule has 1 N–H and O–H groups in total. The molecule has 19 heavy (non-hydrogen) atoms. The van der Waals surface area contributed by atoms with Gasteiger partial charge in [0.25, 0.3) is 0 Å². The minimum Gasteiger partial charge on any atom is -0.478 e. The zero-order chi connectivity index (χ0) is 13.4. The standard InChI is InChI=1S/C14H14N2O2S/c1-19-11-4-2-3-10(7-11)16-13(9-5-6-9)12(8-15-16)14(17)18/h2-4,7-9H,5-6H2,1H3,(H,17,18). The van der Waals surface area contributed by atoms with E-state index in [1.807, 2.05) is 30.5 Å². The third-order valence-electron chi connectivity index (χ3n) is 3.30. The summed E-state index contributed by atoms with van der Waals surface area (Å²) in [7, 11) is 0. The molecule has 4 nitrogen and oxygen atoms in total. The van der Waals surface area contributed by atoms with Crippen LogP contribution in [0.25, 0.3) is 5.69 Å². The van der Waals surface area contributed by atoms with Crippen molar-refractivity contribution in [2.75, 3.05) is 6.26 Å². The molecular weight excluding hydrogens is 260 g/mol. The zero-order valence-electron chi connectivity index (χ0n) is 10.5. The summed E-state index contributed by atoms with van der Waals surface area (Å²) in [6.07, 6.45) is 5.58. The van der Waals surface area contributed by atoms with Crippen LogP contribution in [0.3, 0.4) is 0 Å². The van der Waals surface area contributed by atoms with Gasteiger partial charge < -0.3 is 5.11 Å². The number of carbonyl (C=O) groups is 1. The van der Waals surface area contributed by atoms with Gasteiger partial charge in [-0.15, -0.1) is 11.8 Å². The van der Waals surface area contributed by atoms with E-state index >= 15 is 0 Å². The van der Waals surface area contributed by atoms with Gasteiger partial charge >= 0.3 is 5.97 Å². The second-order valence-electron chi connectivity index (χ2n) is 4.64. The van der Waals surface area contributed by atoms with Crippen LogP contribution in [0.15, 0.2) is 35.4 Å². The van der Waals surface area contributed by atoms with E-state index in [9.17, 15) is 9.90 Å². The minimum absolute atomic E-state index is 0.331. The lowest BCUT2D eigenvalue weighted by molar-refractivity contribution is 0.0695. The normalized spacial score (nSPS) is 14.6. The molecule has 3 rings (SSSR count). The Kier molecular flexibility index (Phi) is 3.06. The summed E-state index contributed by atoms with van der Waals surface area (Å²) in [4.78, 5) is 12.4. The molecule has 0 atom stereocenters. The Bertz CT molecular complexity index is 632. The summed E-state index contributed by atoms with van der Waals surface area (Å²) in [5.41, 5.74) is 2.10. The first-order valence-corrected chi connectivity index (χ1v) is 7.39. The van der Waals surface area contributed by atoms with E-state index in [1.54, 1.807) is 16.4 Å². The van der Waals surface area contributed by atoms with Crippen molar-refractivity contribution in [1.82, 2.24) is 9.78 Å². The largest absolute Gasteiger partial charge is 0.478 e. The number of benzene rings is 1. The van der Waals surface area contributed by atoms with Crippen LogP contribution in [-0.4, -0.2) is 27.1 Å². The van der Waals surface area contributed by atoms with Crippen molar-refractivity contribution >= 4 is 17.7 Å². The summed E-state index contributed by atoms with van der Waals surface area (Å²) >= 11 is 1.66. The number of carboxylic acid groups (broad SMARTS) is 1. The highest BCUT2D eigenvalue weighted by atomic mass is 32.2. The van der Waals surface area contributed by atoms with Crippen molar-refractivity contribution in [3.8, 4) is 5.69 Å². The van der Waals surface area contributed by atoms with E-state index in [0.29, 0.717) is 11.5 Å². The van der Waals surface area contributed by atoms with Gasteiger partial charge in [-0.25, -0.2) is 9.48 Å². The molecule has 1 saturated carbocycles. The lowest BCUT2D eigenvalue weighted by atomic mass is 10.1. The number of thioether (sulfide) groups is 1. The molecule has 1 heterocycles. The van der Waals surface area contributed by atoms with Gasteiger partial charge in [-0.1, -0.05) is 6.07 Å². The van der Waals surface area contributed by atoms with Crippen LogP contribution in [0, 0.1) is 0 Å². The van der Waals surface area contributed by atoms with Crippen LogP contribution in [0.2, 0.25) is 0 Å². The summed E-state index contributed by atoms with van der Waals surface area (Å²) in [6.45, 7) is 0. The topological polar surface area (TPSA) is 55.1 Å². The van der Waals surface area contributed by atoms with Gasteiger partial charge in [0, 0.05) is 10.8 Å². The van der Waals surface area contributed by atoms with Crippen LogP contribution >= 0.6 is 11.8 Å². The van der Waals surface area contributed by atoms with E-state index in [0.717, 1.165) is 29.1 Å². The summed E-state index contributed by atoms with van der Waals surface area (Å²) in [6, 6.07) is 8.01. The number of carboxylic acids is 1. The van der Waals surface area contributed by atoms with Crippen molar-refractivity contribution in [1.29, 1.82) is 0 Å². The third-order valence-corrected chi connectivity index (χ3v) is 4.02. The van der Waals surface area contributed by atoms with Gasteiger partial charge in [-0.2, -0.15) is 5.10 Å². The van der Waals surface area contributed by atoms with E-state index in [2.05, 4.69) is 5.10 Å². The lowest BCUT2D eigenvalue weighted by Gasteiger charge is -2.08. The molecule has 5 heteroatoms. The van der Waals surface area contributed by atoms with Crippen LogP contribution in [-0.2, 0) is 0 Å². The van der Waals surface area contributed by atoms with Crippen LogP contribution in [0.1, 0.15) is 34.8 Å². The second kappa shape index (κ2) is 4.74. The number of nitrogens with zero attached hydrogens (tertiary/aromatic N) is 2. The molecule has 1 aromatic heterocycles. The molecular formula is C14H14N2O2S.